The molecule has 0 saturated heterocycles. The van der Waals surface area contributed by atoms with Crippen LogP contribution in [0.4, 0.5) is 0 Å². The summed E-state index contributed by atoms with van der Waals surface area (Å²) < 4.78 is 17.3. The molecule has 0 aliphatic carbocycles. The second kappa shape index (κ2) is 6.06. The second-order valence-electron chi connectivity index (χ2n) is 4.22. The summed E-state index contributed by atoms with van der Waals surface area (Å²) in [6.07, 6.45) is 2.13. The Morgan fingerprint density at radius 1 is 1.10 bits per heavy atom. The van der Waals surface area contributed by atoms with Crippen molar-refractivity contribution in [2.24, 2.45) is 0 Å². The average molecular weight is 290 g/mol. The van der Waals surface area contributed by atoms with E-state index in [1.807, 2.05) is 6.07 Å². The molecule has 0 fully saturated rings. The van der Waals surface area contributed by atoms with Crippen molar-refractivity contribution in [3.8, 4) is 11.5 Å². The molecular weight excluding hydrogens is 275 g/mol. The van der Waals surface area contributed by atoms with Crippen LogP contribution < -0.4 is 10.0 Å². The Balaban J connectivity index is 2.52. The summed E-state index contributed by atoms with van der Waals surface area (Å²) in [5.74, 6) is 0.727. The molecule has 0 atom stereocenters. The zero-order chi connectivity index (χ0) is 14.6. The van der Waals surface area contributed by atoms with Crippen LogP contribution in [0, 0.1) is 0 Å². The maximum absolute atomic E-state index is 11.6. The van der Waals surface area contributed by atoms with E-state index in [2.05, 4.69) is 6.58 Å². The van der Waals surface area contributed by atoms with Gasteiger partial charge in [-0.15, -0.1) is 6.58 Å². The van der Waals surface area contributed by atoms with Gasteiger partial charge in [-0.25, -0.2) is 0 Å². The lowest BCUT2D eigenvalue weighted by Gasteiger charge is -2.15. The topological polar surface area (TPSA) is 66.8 Å². The highest BCUT2D eigenvalue weighted by atomic mass is 31.2. The van der Waals surface area contributed by atoms with Crippen molar-refractivity contribution in [3.63, 3.8) is 0 Å². The fourth-order valence-electron chi connectivity index (χ4n) is 1.84. The summed E-state index contributed by atoms with van der Waals surface area (Å²) in [4.78, 5) is 18.9. The first-order valence-electron chi connectivity index (χ1n) is 6.04. The summed E-state index contributed by atoms with van der Waals surface area (Å²) >= 11 is 0. The van der Waals surface area contributed by atoms with Gasteiger partial charge in [0, 0.05) is 0 Å². The van der Waals surface area contributed by atoms with Gasteiger partial charge in [0.2, 0.25) is 0 Å². The van der Waals surface area contributed by atoms with Crippen molar-refractivity contribution >= 4 is 12.9 Å². The van der Waals surface area contributed by atoms with E-state index < -0.39 is 7.60 Å². The van der Waals surface area contributed by atoms with Gasteiger partial charge in [0.1, 0.15) is 16.8 Å². The highest BCUT2D eigenvalue weighted by Gasteiger charge is 2.24. The highest BCUT2D eigenvalue weighted by molar-refractivity contribution is 7.60. The minimum atomic E-state index is -4.40. The molecule has 0 heterocycles. The van der Waals surface area contributed by atoms with Crippen LogP contribution in [0.2, 0.25) is 0 Å². The van der Waals surface area contributed by atoms with Gasteiger partial charge in [-0.1, -0.05) is 36.4 Å². The van der Waals surface area contributed by atoms with Crippen molar-refractivity contribution in [3.05, 3.63) is 66.7 Å². The SMILES string of the molecule is C=CCc1cccc(P(=O)(O)O)c1Oc1ccccc1. The zero-order valence-corrected chi connectivity index (χ0v) is 11.7. The molecule has 2 aromatic rings. The average Bonchev–Trinajstić information content (AvgIpc) is 2.41. The third-order valence-electron chi connectivity index (χ3n) is 2.72. The van der Waals surface area contributed by atoms with E-state index in [4.69, 9.17) is 4.74 Å². The Morgan fingerprint density at radius 3 is 2.40 bits per heavy atom. The molecule has 0 bridgehead atoms. The van der Waals surface area contributed by atoms with Crippen molar-refractivity contribution < 1.29 is 19.1 Å². The van der Waals surface area contributed by atoms with Crippen molar-refractivity contribution in [2.45, 2.75) is 6.42 Å². The lowest BCUT2D eigenvalue weighted by molar-refractivity contribution is 0.385. The first kappa shape index (κ1) is 14.5. The zero-order valence-electron chi connectivity index (χ0n) is 10.8. The fourth-order valence-corrected chi connectivity index (χ4v) is 2.58. The molecule has 0 aromatic heterocycles. The molecule has 0 aliphatic rings. The molecule has 0 spiro atoms. The summed E-state index contributed by atoms with van der Waals surface area (Å²) in [5, 5.41) is -0.110. The minimum Gasteiger partial charge on any atom is -0.456 e. The van der Waals surface area contributed by atoms with E-state index >= 15 is 0 Å². The molecule has 0 radical (unpaired) electrons. The Morgan fingerprint density at radius 2 is 1.80 bits per heavy atom. The number of hydrogen-bond acceptors (Lipinski definition) is 2. The Hall–Kier alpha value is -1.87. The van der Waals surface area contributed by atoms with Crippen LogP contribution in [-0.4, -0.2) is 9.79 Å². The van der Waals surface area contributed by atoms with E-state index in [0.717, 1.165) is 0 Å². The standard InChI is InChI=1S/C15H15O4P/c1-2-7-12-8-6-11-14(20(16,17)18)15(12)19-13-9-4-3-5-10-13/h2-6,8-11H,1,7H2,(H2,16,17,18). The monoisotopic (exact) mass is 290 g/mol. The molecular formula is C15H15O4P. The predicted molar refractivity (Wildman–Crippen MR) is 78.5 cm³/mol. The molecule has 2 rings (SSSR count). The van der Waals surface area contributed by atoms with Gasteiger partial charge >= 0.3 is 7.60 Å². The number of hydrogen-bond donors (Lipinski definition) is 2. The first-order valence-corrected chi connectivity index (χ1v) is 7.65. The molecule has 4 nitrogen and oxygen atoms in total. The third kappa shape index (κ3) is 3.36. The number of allylic oxidation sites excluding steroid dienone is 1. The number of rotatable bonds is 5. The van der Waals surface area contributed by atoms with Crippen LogP contribution in [-0.2, 0) is 11.0 Å². The maximum Gasteiger partial charge on any atom is 0.359 e. The highest BCUT2D eigenvalue weighted by Crippen LogP contribution is 2.40. The van der Waals surface area contributed by atoms with Gasteiger partial charge in [-0.05, 0) is 30.2 Å². The van der Waals surface area contributed by atoms with E-state index in [9.17, 15) is 14.4 Å². The second-order valence-corrected chi connectivity index (χ2v) is 5.79. The molecule has 0 saturated carbocycles. The molecule has 2 aromatic carbocycles. The number of para-hydroxylation sites is 2. The van der Waals surface area contributed by atoms with Crippen molar-refractivity contribution in [1.82, 2.24) is 0 Å². The molecule has 0 amide bonds. The van der Waals surface area contributed by atoms with Crippen LogP contribution in [0.1, 0.15) is 5.56 Å². The van der Waals surface area contributed by atoms with Gasteiger partial charge in [0.05, 0.1) is 0 Å². The number of benzene rings is 2. The quantitative estimate of drug-likeness (QED) is 0.656. The normalized spacial score (nSPS) is 11.1. The van der Waals surface area contributed by atoms with Gasteiger partial charge in [-0.2, -0.15) is 0 Å². The fraction of sp³-hybridized carbons (Fsp3) is 0.0667. The Bertz CT molecular complexity index is 646. The van der Waals surface area contributed by atoms with Gasteiger partial charge in [0.25, 0.3) is 0 Å². The van der Waals surface area contributed by atoms with E-state index in [-0.39, 0.29) is 11.1 Å². The summed E-state index contributed by atoms with van der Waals surface area (Å²) in [7, 11) is -4.40. The number of ether oxygens (including phenoxy) is 1. The Labute approximate surface area is 117 Å². The summed E-state index contributed by atoms with van der Waals surface area (Å²) in [5.41, 5.74) is 0.685. The molecule has 2 N–H and O–H groups in total. The summed E-state index contributed by atoms with van der Waals surface area (Å²) in [6, 6.07) is 13.6. The molecule has 0 aliphatic heterocycles. The first-order chi connectivity index (χ1) is 9.52. The predicted octanol–water partition coefficient (Wildman–Crippen LogP) is 3.01. The summed E-state index contributed by atoms with van der Waals surface area (Å²) in [6.45, 7) is 3.65. The largest absolute Gasteiger partial charge is 0.456 e. The van der Waals surface area contributed by atoms with Gasteiger partial charge in [-0.3, -0.25) is 4.57 Å². The molecule has 104 valence electrons. The van der Waals surface area contributed by atoms with Crippen LogP contribution in [0.5, 0.6) is 11.5 Å². The molecule has 20 heavy (non-hydrogen) atoms. The van der Waals surface area contributed by atoms with Gasteiger partial charge in [0.15, 0.2) is 0 Å². The van der Waals surface area contributed by atoms with Crippen LogP contribution in [0.3, 0.4) is 0 Å². The lowest BCUT2D eigenvalue weighted by Crippen LogP contribution is -2.10. The maximum atomic E-state index is 11.6. The molecule has 5 heteroatoms. The van der Waals surface area contributed by atoms with E-state index in [1.54, 1.807) is 42.5 Å². The minimum absolute atomic E-state index is 0.110. The van der Waals surface area contributed by atoms with E-state index in [0.29, 0.717) is 17.7 Å². The lowest BCUT2D eigenvalue weighted by atomic mass is 10.1. The van der Waals surface area contributed by atoms with Gasteiger partial charge < -0.3 is 14.5 Å². The van der Waals surface area contributed by atoms with Crippen LogP contribution in [0.15, 0.2) is 61.2 Å². The van der Waals surface area contributed by atoms with E-state index in [1.165, 1.54) is 6.07 Å². The molecule has 0 unspecified atom stereocenters. The van der Waals surface area contributed by atoms with Crippen LogP contribution in [0.25, 0.3) is 0 Å². The smallest absolute Gasteiger partial charge is 0.359 e. The van der Waals surface area contributed by atoms with Crippen molar-refractivity contribution in [1.29, 1.82) is 0 Å². The van der Waals surface area contributed by atoms with Crippen LogP contribution >= 0.6 is 7.60 Å². The Kier molecular flexibility index (Phi) is 4.40. The third-order valence-corrected chi connectivity index (χ3v) is 3.70. The van der Waals surface area contributed by atoms with Crippen molar-refractivity contribution in [2.75, 3.05) is 0 Å².